The summed E-state index contributed by atoms with van der Waals surface area (Å²) in [6, 6.07) is 0.494. The zero-order chi connectivity index (χ0) is 12.7. The minimum Gasteiger partial charge on any atom is -0.383 e. The van der Waals surface area contributed by atoms with Crippen LogP contribution < -0.4 is 5.73 Å². The van der Waals surface area contributed by atoms with Crippen LogP contribution in [0, 0.1) is 5.92 Å². The van der Waals surface area contributed by atoms with E-state index in [1.807, 2.05) is 7.11 Å². The lowest BCUT2D eigenvalue weighted by molar-refractivity contribution is -0.0323. The molecule has 0 aromatic rings. The van der Waals surface area contributed by atoms with Gasteiger partial charge in [0.05, 0.1) is 12.7 Å². The van der Waals surface area contributed by atoms with E-state index in [9.17, 15) is 0 Å². The van der Waals surface area contributed by atoms with Crippen LogP contribution in [-0.2, 0) is 9.47 Å². The van der Waals surface area contributed by atoms with E-state index >= 15 is 0 Å². The number of rotatable bonds is 7. The topological polar surface area (TPSA) is 47.7 Å². The molecule has 3 atom stereocenters. The van der Waals surface area contributed by atoms with Crippen LogP contribution >= 0.6 is 0 Å². The third-order valence-electron chi connectivity index (χ3n) is 3.84. The molecule has 1 heterocycles. The average molecular weight is 244 g/mol. The van der Waals surface area contributed by atoms with Crippen molar-refractivity contribution in [2.24, 2.45) is 11.7 Å². The fraction of sp³-hybridized carbons (Fsp3) is 1.00. The summed E-state index contributed by atoms with van der Waals surface area (Å²) in [4.78, 5) is 2.51. The second-order valence-corrected chi connectivity index (χ2v) is 5.08. The monoisotopic (exact) mass is 244 g/mol. The Labute approximate surface area is 105 Å². The van der Waals surface area contributed by atoms with Crippen molar-refractivity contribution in [1.29, 1.82) is 0 Å². The van der Waals surface area contributed by atoms with Crippen molar-refractivity contribution < 1.29 is 9.47 Å². The number of nitrogens with zero attached hydrogens (tertiary/aromatic N) is 1. The van der Waals surface area contributed by atoms with E-state index in [1.165, 1.54) is 6.42 Å². The van der Waals surface area contributed by atoms with E-state index in [-0.39, 0.29) is 0 Å². The molecule has 2 N–H and O–H groups in total. The van der Waals surface area contributed by atoms with Gasteiger partial charge in [0.1, 0.15) is 0 Å². The number of hydrogen-bond acceptors (Lipinski definition) is 4. The lowest BCUT2D eigenvalue weighted by atomic mass is 9.94. The number of methoxy groups -OCH3 is 2. The van der Waals surface area contributed by atoms with Crippen molar-refractivity contribution in [2.75, 3.05) is 40.5 Å². The Balaban J connectivity index is 2.49. The summed E-state index contributed by atoms with van der Waals surface area (Å²) >= 11 is 0. The van der Waals surface area contributed by atoms with Gasteiger partial charge in [-0.25, -0.2) is 0 Å². The van der Waals surface area contributed by atoms with Crippen molar-refractivity contribution in [3.05, 3.63) is 0 Å². The molecule has 1 saturated heterocycles. The van der Waals surface area contributed by atoms with E-state index in [1.54, 1.807) is 7.11 Å². The third kappa shape index (κ3) is 4.54. The van der Waals surface area contributed by atoms with Crippen molar-refractivity contribution in [1.82, 2.24) is 4.90 Å². The Kier molecular flexibility index (Phi) is 7.04. The van der Waals surface area contributed by atoms with E-state index < -0.39 is 0 Å². The van der Waals surface area contributed by atoms with Gasteiger partial charge in [-0.1, -0.05) is 6.92 Å². The van der Waals surface area contributed by atoms with E-state index in [4.69, 9.17) is 15.2 Å². The number of likely N-dealkylation sites (tertiary alicyclic amines) is 1. The van der Waals surface area contributed by atoms with Gasteiger partial charge in [0.25, 0.3) is 0 Å². The molecule has 17 heavy (non-hydrogen) atoms. The predicted molar refractivity (Wildman–Crippen MR) is 70.1 cm³/mol. The maximum Gasteiger partial charge on any atom is 0.0724 e. The number of hydrogen-bond donors (Lipinski definition) is 1. The average Bonchev–Trinajstić information content (AvgIpc) is 2.35. The molecule has 0 radical (unpaired) electrons. The molecule has 0 spiro atoms. The molecule has 0 saturated carbocycles. The quantitative estimate of drug-likeness (QED) is 0.728. The van der Waals surface area contributed by atoms with Crippen molar-refractivity contribution >= 4 is 0 Å². The Morgan fingerprint density at radius 2 is 2.18 bits per heavy atom. The predicted octanol–water partition coefficient (Wildman–Crippen LogP) is 1.10. The summed E-state index contributed by atoms with van der Waals surface area (Å²) in [6.07, 6.45) is 3.76. The Morgan fingerprint density at radius 1 is 1.41 bits per heavy atom. The van der Waals surface area contributed by atoms with Crippen molar-refractivity contribution in [2.45, 2.75) is 38.3 Å². The zero-order valence-electron chi connectivity index (χ0n) is 11.5. The van der Waals surface area contributed by atoms with E-state index in [0.717, 1.165) is 39.1 Å². The van der Waals surface area contributed by atoms with Gasteiger partial charge in [0.15, 0.2) is 0 Å². The number of ether oxygens (including phenoxy) is 2. The zero-order valence-corrected chi connectivity index (χ0v) is 11.5. The molecule has 4 heteroatoms. The summed E-state index contributed by atoms with van der Waals surface area (Å²) in [6.45, 7) is 6.01. The van der Waals surface area contributed by atoms with Gasteiger partial charge >= 0.3 is 0 Å². The molecular weight excluding hydrogens is 216 g/mol. The summed E-state index contributed by atoms with van der Waals surface area (Å²) in [5.41, 5.74) is 5.59. The van der Waals surface area contributed by atoms with Gasteiger partial charge < -0.3 is 15.2 Å². The van der Waals surface area contributed by atoms with Gasteiger partial charge in [-0.2, -0.15) is 0 Å². The minimum atomic E-state index is 0.362. The first-order valence-electron chi connectivity index (χ1n) is 6.68. The van der Waals surface area contributed by atoms with Gasteiger partial charge in [-0.05, 0) is 38.3 Å². The van der Waals surface area contributed by atoms with Crippen LogP contribution in [0.2, 0.25) is 0 Å². The highest BCUT2D eigenvalue weighted by molar-refractivity contribution is 4.83. The molecule has 0 aromatic heterocycles. The minimum absolute atomic E-state index is 0.362. The van der Waals surface area contributed by atoms with Crippen LogP contribution in [0.1, 0.15) is 26.2 Å². The lowest BCUT2D eigenvalue weighted by Crippen LogP contribution is -2.50. The Hall–Kier alpha value is -0.160. The fourth-order valence-corrected chi connectivity index (χ4v) is 2.61. The van der Waals surface area contributed by atoms with Crippen LogP contribution in [0.5, 0.6) is 0 Å². The van der Waals surface area contributed by atoms with Gasteiger partial charge in [-0.3, -0.25) is 4.90 Å². The summed E-state index contributed by atoms with van der Waals surface area (Å²) in [7, 11) is 3.59. The lowest BCUT2D eigenvalue weighted by Gasteiger charge is -2.40. The maximum absolute atomic E-state index is 5.59. The molecule has 3 unspecified atom stereocenters. The smallest absolute Gasteiger partial charge is 0.0724 e. The van der Waals surface area contributed by atoms with Gasteiger partial charge in [0.2, 0.25) is 0 Å². The largest absolute Gasteiger partial charge is 0.383 e. The van der Waals surface area contributed by atoms with Crippen LogP contribution in [0.15, 0.2) is 0 Å². The van der Waals surface area contributed by atoms with Crippen LogP contribution in [0.4, 0.5) is 0 Å². The SMILES string of the molecule is COCC(CCCN)N1CCC(C)C(OC)C1. The molecule has 0 aromatic carbocycles. The number of piperidine rings is 1. The normalized spacial score (nSPS) is 28.2. The third-order valence-corrected chi connectivity index (χ3v) is 3.84. The van der Waals surface area contributed by atoms with E-state index in [0.29, 0.717) is 18.1 Å². The van der Waals surface area contributed by atoms with Crippen molar-refractivity contribution in [3.8, 4) is 0 Å². The molecule has 0 bridgehead atoms. The Morgan fingerprint density at radius 3 is 2.76 bits per heavy atom. The molecule has 1 aliphatic rings. The van der Waals surface area contributed by atoms with Gasteiger partial charge in [-0.15, -0.1) is 0 Å². The summed E-state index contributed by atoms with van der Waals surface area (Å²) in [5.74, 6) is 0.661. The van der Waals surface area contributed by atoms with Crippen molar-refractivity contribution in [3.63, 3.8) is 0 Å². The maximum atomic E-state index is 5.59. The molecule has 4 nitrogen and oxygen atoms in total. The van der Waals surface area contributed by atoms with Crippen LogP contribution in [0.3, 0.4) is 0 Å². The number of nitrogens with two attached hydrogens (primary N) is 1. The molecule has 1 aliphatic heterocycles. The molecule has 1 rings (SSSR count). The first-order chi connectivity index (χ1) is 8.22. The second-order valence-electron chi connectivity index (χ2n) is 5.08. The standard InChI is InChI=1S/C13H28N2O2/c1-11-6-8-15(9-13(11)17-3)12(10-16-2)5-4-7-14/h11-13H,4-10,14H2,1-3H3. The highest BCUT2D eigenvalue weighted by atomic mass is 16.5. The molecular formula is C13H28N2O2. The molecule has 0 amide bonds. The second kappa shape index (κ2) is 8.03. The van der Waals surface area contributed by atoms with Crippen LogP contribution in [0.25, 0.3) is 0 Å². The Bertz CT molecular complexity index is 202. The van der Waals surface area contributed by atoms with Gasteiger partial charge in [0, 0.05) is 26.8 Å². The van der Waals surface area contributed by atoms with E-state index in [2.05, 4.69) is 11.8 Å². The van der Waals surface area contributed by atoms with Crippen LogP contribution in [-0.4, -0.2) is 57.5 Å². The summed E-state index contributed by atoms with van der Waals surface area (Å²) < 4.78 is 10.9. The highest BCUT2D eigenvalue weighted by Crippen LogP contribution is 2.22. The summed E-state index contributed by atoms with van der Waals surface area (Å²) in [5, 5.41) is 0. The first kappa shape index (κ1) is 14.9. The molecule has 0 aliphatic carbocycles. The molecule has 1 fully saturated rings. The molecule has 102 valence electrons. The fourth-order valence-electron chi connectivity index (χ4n) is 2.61. The first-order valence-corrected chi connectivity index (χ1v) is 6.68. The highest BCUT2D eigenvalue weighted by Gasteiger charge is 2.29.